The molecule has 6 atom stereocenters. The fourth-order valence-electron chi connectivity index (χ4n) is 3.39. The van der Waals surface area contributed by atoms with Gasteiger partial charge in [-0.05, 0) is 17.7 Å². The molecule has 2 saturated heterocycles. The van der Waals surface area contributed by atoms with Crippen molar-refractivity contribution in [2.75, 3.05) is 13.7 Å². The van der Waals surface area contributed by atoms with Crippen LogP contribution in [0.2, 0.25) is 0 Å². The highest BCUT2D eigenvalue weighted by atomic mass is 16.8. The number of rotatable bonds is 5. The van der Waals surface area contributed by atoms with Crippen LogP contribution in [0.4, 0.5) is 0 Å². The fourth-order valence-corrected chi connectivity index (χ4v) is 3.39. The highest BCUT2D eigenvalue weighted by Gasteiger charge is 2.49. The summed E-state index contributed by atoms with van der Waals surface area (Å²) in [6, 6.07) is 16.8. The normalized spacial score (nSPS) is 32.5. The SMILES string of the molecule is COc1ccc(CO[C@@H]2O[C@@H]3CO[C@@H](c4ccccc4)O[C@H]3[C@H](O)[C@H]2O)cc1. The van der Waals surface area contributed by atoms with Gasteiger partial charge in [0.25, 0.3) is 0 Å². The number of benzene rings is 2. The Balaban J connectivity index is 1.37. The van der Waals surface area contributed by atoms with E-state index in [1.807, 2.05) is 54.6 Å². The molecule has 0 bridgehead atoms. The topological polar surface area (TPSA) is 86.6 Å². The Kier molecular flexibility index (Phi) is 5.91. The van der Waals surface area contributed by atoms with E-state index in [9.17, 15) is 10.2 Å². The molecule has 2 heterocycles. The lowest BCUT2D eigenvalue weighted by atomic mass is 9.98. The Bertz CT molecular complexity index is 749. The van der Waals surface area contributed by atoms with E-state index >= 15 is 0 Å². The van der Waals surface area contributed by atoms with Gasteiger partial charge in [-0.15, -0.1) is 0 Å². The second kappa shape index (κ2) is 8.57. The van der Waals surface area contributed by atoms with Gasteiger partial charge in [0.2, 0.25) is 0 Å². The molecule has 2 fully saturated rings. The maximum atomic E-state index is 10.6. The summed E-state index contributed by atoms with van der Waals surface area (Å²) >= 11 is 0. The molecule has 150 valence electrons. The Labute approximate surface area is 163 Å². The Morgan fingerprint density at radius 2 is 1.71 bits per heavy atom. The molecule has 2 aromatic carbocycles. The minimum atomic E-state index is -1.23. The maximum Gasteiger partial charge on any atom is 0.187 e. The Hall–Kier alpha value is -2.00. The van der Waals surface area contributed by atoms with E-state index in [0.29, 0.717) is 0 Å². The van der Waals surface area contributed by atoms with Gasteiger partial charge in [0, 0.05) is 5.56 Å². The van der Waals surface area contributed by atoms with E-state index in [4.69, 9.17) is 23.7 Å². The molecule has 0 spiro atoms. The summed E-state index contributed by atoms with van der Waals surface area (Å²) in [4.78, 5) is 0. The largest absolute Gasteiger partial charge is 0.497 e. The smallest absolute Gasteiger partial charge is 0.187 e. The lowest BCUT2D eigenvalue weighted by Crippen LogP contribution is -2.62. The maximum absolute atomic E-state index is 10.6. The monoisotopic (exact) mass is 388 g/mol. The minimum Gasteiger partial charge on any atom is -0.497 e. The molecule has 2 aliphatic rings. The van der Waals surface area contributed by atoms with E-state index in [1.165, 1.54) is 0 Å². The molecule has 4 rings (SSSR count). The third-order valence-electron chi connectivity index (χ3n) is 4.98. The van der Waals surface area contributed by atoms with Crippen molar-refractivity contribution < 1.29 is 33.9 Å². The van der Waals surface area contributed by atoms with Gasteiger partial charge in [-0.3, -0.25) is 0 Å². The van der Waals surface area contributed by atoms with Crippen LogP contribution in [-0.4, -0.2) is 54.6 Å². The molecule has 0 unspecified atom stereocenters. The Morgan fingerprint density at radius 1 is 0.964 bits per heavy atom. The minimum absolute atomic E-state index is 0.226. The van der Waals surface area contributed by atoms with E-state index in [0.717, 1.165) is 16.9 Å². The zero-order valence-electron chi connectivity index (χ0n) is 15.5. The van der Waals surface area contributed by atoms with Gasteiger partial charge in [-0.1, -0.05) is 42.5 Å². The van der Waals surface area contributed by atoms with Crippen LogP contribution in [0.25, 0.3) is 0 Å². The molecule has 2 N–H and O–H groups in total. The first-order valence-corrected chi connectivity index (χ1v) is 9.24. The summed E-state index contributed by atoms with van der Waals surface area (Å²) in [6.07, 6.45) is -5.18. The summed E-state index contributed by atoms with van der Waals surface area (Å²) in [6.45, 7) is 0.459. The quantitative estimate of drug-likeness (QED) is 0.807. The predicted octanol–water partition coefficient (Wildman–Crippen LogP) is 1.77. The lowest BCUT2D eigenvalue weighted by molar-refractivity contribution is -0.362. The zero-order chi connectivity index (χ0) is 19.5. The van der Waals surface area contributed by atoms with Crippen molar-refractivity contribution in [1.82, 2.24) is 0 Å². The molecular formula is C21H24O7. The van der Waals surface area contributed by atoms with Crippen LogP contribution in [-0.2, 0) is 25.6 Å². The van der Waals surface area contributed by atoms with Gasteiger partial charge in [0.15, 0.2) is 12.6 Å². The third-order valence-corrected chi connectivity index (χ3v) is 4.98. The molecular weight excluding hydrogens is 364 g/mol. The number of hydrogen-bond acceptors (Lipinski definition) is 7. The van der Waals surface area contributed by atoms with Crippen molar-refractivity contribution in [2.24, 2.45) is 0 Å². The molecule has 0 radical (unpaired) electrons. The second-order valence-corrected chi connectivity index (χ2v) is 6.86. The summed E-state index contributed by atoms with van der Waals surface area (Å²) in [5, 5.41) is 21.0. The number of aliphatic hydroxyl groups excluding tert-OH is 2. The molecule has 0 aliphatic carbocycles. The van der Waals surface area contributed by atoms with Crippen LogP contribution in [0.1, 0.15) is 17.4 Å². The summed E-state index contributed by atoms with van der Waals surface area (Å²) in [5.41, 5.74) is 1.74. The summed E-state index contributed by atoms with van der Waals surface area (Å²) in [5.74, 6) is 0.750. The summed E-state index contributed by atoms with van der Waals surface area (Å²) in [7, 11) is 1.60. The van der Waals surface area contributed by atoms with Crippen molar-refractivity contribution in [2.45, 2.75) is 43.6 Å². The van der Waals surface area contributed by atoms with Gasteiger partial charge in [0.1, 0.15) is 30.2 Å². The number of hydrogen-bond donors (Lipinski definition) is 2. The molecule has 0 aromatic heterocycles. The summed E-state index contributed by atoms with van der Waals surface area (Å²) < 4.78 is 28.3. The molecule has 2 aromatic rings. The molecule has 7 heteroatoms. The van der Waals surface area contributed by atoms with Crippen molar-refractivity contribution in [3.05, 3.63) is 65.7 Å². The Morgan fingerprint density at radius 3 is 2.43 bits per heavy atom. The first kappa shape index (κ1) is 19.3. The predicted molar refractivity (Wildman–Crippen MR) is 98.5 cm³/mol. The van der Waals surface area contributed by atoms with Crippen molar-refractivity contribution >= 4 is 0 Å². The van der Waals surface area contributed by atoms with Crippen molar-refractivity contribution in [1.29, 1.82) is 0 Å². The van der Waals surface area contributed by atoms with Crippen molar-refractivity contribution in [3.8, 4) is 5.75 Å². The van der Waals surface area contributed by atoms with E-state index < -0.39 is 37.0 Å². The van der Waals surface area contributed by atoms with E-state index in [1.54, 1.807) is 7.11 Å². The fraction of sp³-hybridized carbons (Fsp3) is 0.429. The van der Waals surface area contributed by atoms with Crippen LogP contribution < -0.4 is 4.74 Å². The number of methoxy groups -OCH3 is 1. The van der Waals surface area contributed by atoms with Gasteiger partial charge in [-0.2, -0.15) is 0 Å². The highest BCUT2D eigenvalue weighted by molar-refractivity contribution is 5.26. The molecule has 0 saturated carbocycles. The van der Waals surface area contributed by atoms with Gasteiger partial charge in [0.05, 0.1) is 20.3 Å². The highest BCUT2D eigenvalue weighted by Crippen LogP contribution is 2.34. The number of ether oxygens (including phenoxy) is 5. The van der Waals surface area contributed by atoms with Crippen LogP contribution in [0.15, 0.2) is 54.6 Å². The van der Waals surface area contributed by atoms with Gasteiger partial charge < -0.3 is 33.9 Å². The molecule has 0 amide bonds. The standard InChI is InChI=1S/C21H24O7/c1-24-15-9-7-13(8-10-15)11-25-21-18(23)17(22)19-16(27-21)12-26-20(28-19)14-5-3-2-4-6-14/h2-10,16-23H,11-12H2,1H3/t16-,17-,18-,19-,20-,21-/m1/s1. The van der Waals surface area contributed by atoms with Crippen molar-refractivity contribution in [3.63, 3.8) is 0 Å². The van der Waals surface area contributed by atoms with Crippen LogP contribution in [0, 0.1) is 0 Å². The molecule has 28 heavy (non-hydrogen) atoms. The van der Waals surface area contributed by atoms with Crippen LogP contribution >= 0.6 is 0 Å². The average Bonchev–Trinajstić information content (AvgIpc) is 2.76. The number of fused-ring (bicyclic) bond motifs is 1. The van der Waals surface area contributed by atoms with E-state index in [-0.39, 0.29) is 13.2 Å². The number of aliphatic hydroxyl groups is 2. The second-order valence-electron chi connectivity index (χ2n) is 6.86. The van der Waals surface area contributed by atoms with Gasteiger partial charge >= 0.3 is 0 Å². The van der Waals surface area contributed by atoms with Crippen LogP contribution in [0.3, 0.4) is 0 Å². The average molecular weight is 388 g/mol. The molecule has 7 nitrogen and oxygen atoms in total. The molecule has 2 aliphatic heterocycles. The van der Waals surface area contributed by atoms with E-state index in [2.05, 4.69) is 0 Å². The van der Waals surface area contributed by atoms with Gasteiger partial charge in [-0.25, -0.2) is 0 Å². The first-order valence-electron chi connectivity index (χ1n) is 9.24. The lowest BCUT2D eigenvalue weighted by Gasteiger charge is -2.46. The zero-order valence-corrected chi connectivity index (χ0v) is 15.5. The first-order chi connectivity index (χ1) is 13.7. The van der Waals surface area contributed by atoms with Crippen LogP contribution in [0.5, 0.6) is 5.75 Å². The third kappa shape index (κ3) is 4.05.